The second-order valence-electron chi connectivity index (χ2n) is 5.00. The molecule has 0 fully saturated rings. The molecule has 102 valence electrons. The van der Waals surface area contributed by atoms with Crippen molar-refractivity contribution in [2.24, 2.45) is 11.1 Å². The maximum absolute atomic E-state index is 11.4. The van der Waals surface area contributed by atoms with Crippen molar-refractivity contribution >= 4 is 23.0 Å². The zero-order valence-electron chi connectivity index (χ0n) is 11.2. The van der Waals surface area contributed by atoms with E-state index in [-0.39, 0.29) is 0 Å². The van der Waals surface area contributed by atoms with Gasteiger partial charge in [-0.05, 0) is 19.9 Å². The van der Waals surface area contributed by atoms with Crippen LogP contribution in [0.2, 0.25) is 0 Å². The van der Waals surface area contributed by atoms with Gasteiger partial charge in [0, 0.05) is 12.6 Å². The summed E-state index contributed by atoms with van der Waals surface area (Å²) < 4.78 is 6.75. The number of nitrogens with zero attached hydrogens (tertiary/aromatic N) is 3. The number of ether oxygens (including phenoxy) is 1. The minimum absolute atomic E-state index is 0.296. The van der Waals surface area contributed by atoms with E-state index < -0.39 is 11.3 Å². The third-order valence-electron chi connectivity index (χ3n) is 3.03. The average Bonchev–Trinajstić information content (AvgIpc) is 2.64. The number of carbonyl (C=O) groups is 1. The van der Waals surface area contributed by atoms with Gasteiger partial charge < -0.3 is 16.2 Å². The molecule has 0 bridgehead atoms. The van der Waals surface area contributed by atoms with E-state index in [1.54, 1.807) is 30.5 Å². The van der Waals surface area contributed by atoms with Crippen LogP contribution in [0.4, 0.5) is 5.95 Å². The Morgan fingerprint density at radius 3 is 2.68 bits per heavy atom. The van der Waals surface area contributed by atoms with Crippen molar-refractivity contribution in [2.75, 3.05) is 12.8 Å². The first kappa shape index (κ1) is 13.1. The minimum atomic E-state index is -0.744. The van der Waals surface area contributed by atoms with Crippen LogP contribution in [0.1, 0.15) is 13.8 Å². The molecule has 0 radical (unpaired) electrons. The Balaban J connectivity index is 2.53. The van der Waals surface area contributed by atoms with Crippen LogP contribution in [0.5, 0.6) is 5.88 Å². The molecule has 0 saturated heterocycles. The van der Waals surface area contributed by atoms with Crippen LogP contribution < -0.4 is 16.2 Å². The molecule has 0 atom stereocenters. The predicted octanol–water partition coefficient (Wildman–Crippen LogP) is 0.534. The fourth-order valence-corrected chi connectivity index (χ4v) is 1.74. The summed E-state index contributed by atoms with van der Waals surface area (Å²) in [6, 6.07) is 3.48. The molecule has 2 rings (SSSR count). The Morgan fingerprint density at radius 2 is 2.11 bits per heavy atom. The quantitative estimate of drug-likeness (QED) is 0.836. The number of hydrogen-bond acceptors (Lipinski definition) is 5. The number of pyridine rings is 1. The van der Waals surface area contributed by atoms with Gasteiger partial charge in [-0.2, -0.15) is 4.98 Å². The summed E-state index contributed by atoms with van der Waals surface area (Å²) in [5.41, 5.74) is 11.7. The highest BCUT2D eigenvalue weighted by molar-refractivity contribution is 5.80. The van der Waals surface area contributed by atoms with E-state index in [0.717, 1.165) is 0 Å². The highest BCUT2D eigenvalue weighted by Gasteiger charge is 2.27. The van der Waals surface area contributed by atoms with Gasteiger partial charge in [-0.15, -0.1) is 0 Å². The van der Waals surface area contributed by atoms with E-state index in [1.165, 1.54) is 7.11 Å². The fraction of sp³-hybridized carbons (Fsp3) is 0.417. The number of aromatic nitrogens is 3. The largest absolute Gasteiger partial charge is 0.481 e. The molecule has 2 aromatic rings. The van der Waals surface area contributed by atoms with E-state index in [4.69, 9.17) is 16.2 Å². The van der Waals surface area contributed by atoms with Crippen molar-refractivity contribution in [1.82, 2.24) is 14.5 Å². The zero-order chi connectivity index (χ0) is 14.2. The number of primary amides is 1. The molecular formula is C12H17N5O2. The summed E-state index contributed by atoms with van der Waals surface area (Å²) in [5, 5.41) is 0. The second-order valence-corrected chi connectivity index (χ2v) is 5.00. The van der Waals surface area contributed by atoms with E-state index in [9.17, 15) is 4.79 Å². The number of nitrogens with two attached hydrogens (primary N) is 2. The van der Waals surface area contributed by atoms with Gasteiger partial charge in [0.15, 0.2) is 5.65 Å². The molecular weight excluding hydrogens is 246 g/mol. The van der Waals surface area contributed by atoms with Gasteiger partial charge in [0.25, 0.3) is 0 Å². The van der Waals surface area contributed by atoms with E-state index in [2.05, 4.69) is 9.97 Å². The van der Waals surface area contributed by atoms with Crippen molar-refractivity contribution in [1.29, 1.82) is 0 Å². The molecule has 0 aliphatic rings. The molecule has 4 N–H and O–H groups in total. The Morgan fingerprint density at radius 1 is 1.42 bits per heavy atom. The smallest absolute Gasteiger partial charge is 0.224 e. The Bertz CT molecular complexity index is 632. The lowest BCUT2D eigenvalue weighted by Gasteiger charge is -2.21. The molecule has 0 saturated carbocycles. The van der Waals surface area contributed by atoms with Gasteiger partial charge in [0.2, 0.25) is 17.7 Å². The number of nitrogen functional groups attached to an aromatic ring is 1. The predicted molar refractivity (Wildman–Crippen MR) is 71.5 cm³/mol. The van der Waals surface area contributed by atoms with Crippen molar-refractivity contribution in [3.05, 3.63) is 12.1 Å². The van der Waals surface area contributed by atoms with Gasteiger partial charge in [-0.1, -0.05) is 0 Å². The Kier molecular flexibility index (Phi) is 3.05. The number of hydrogen-bond donors (Lipinski definition) is 2. The second kappa shape index (κ2) is 4.42. The molecule has 0 unspecified atom stereocenters. The maximum Gasteiger partial charge on any atom is 0.224 e. The highest BCUT2D eigenvalue weighted by Crippen LogP contribution is 2.25. The number of anilines is 1. The number of carbonyl (C=O) groups excluding carboxylic acids is 1. The van der Waals surface area contributed by atoms with E-state index in [1.807, 2.05) is 0 Å². The molecule has 0 spiro atoms. The lowest BCUT2D eigenvalue weighted by molar-refractivity contribution is -0.126. The molecule has 0 aliphatic carbocycles. The molecule has 0 aromatic carbocycles. The fourth-order valence-electron chi connectivity index (χ4n) is 1.74. The molecule has 19 heavy (non-hydrogen) atoms. The summed E-state index contributed by atoms with van der Waals surface area (Å²) >= 11 is 0. The third-order valence-corrected chi connectivity index (χ3v) is 3.03. The van der Waals surface area contributed by atoms with Crippen LogP contribution in [0.25, 0.3) is 11.2 Å². The Labute approximate surface area is 110 Å². The molecule has 7 heteroatoms. The van der Waals surface area contributed by atoms with Crippen LogP contribution in [0.3, 0.4) is 0 Å². The summed E-state index contributed by atoms with van der Waals surface area (Å²) in [5.74, 6) is 0.354. The molecule has 0 aliphatic heterocycles. The van der Waals surface area contributed by atoms with Gasteiger partial charge in [-0.25, -0.2) is 4.98 Å². The molecule has 7 nitrogen and oxygen atoms in total. The van der Waals surface area contributed by atoms with Crippen LogP contribution in [0.15, 0.2) is 12.1 Å². The van der Waals surface area contributed by atoms with Gasteiger partial charge >= 0.3 is 0 Å². The lowest BCUT2D eigenvalue weighted by Crippen LogP contribution is -2.35. The first-order valence-corrected chi connectivity index (χ1v) is 5.82. The topological polar surface area (TPSA) is 109 Å². The monoisotopic (exact) mass is 263 g/mol. The van der Waals surface area contributed by atoms with Crippen molar-refractivity contribution in [3.63, 3.8) is 0 Å². The van der Waals surface area contributed by atoms with E-state index >= 15 is 0 Å². The van der Waals surface area contributed by atoms with Crippen LogP contribution >= 0.6 is 0 Å². The molecule has 2 heterocycles. The maximum atomic E-state index is 11.4. The van der Waals surface area contributed by atoms with E-state index in [0.29, 0.717) is 29.5 Å². The average molecular weight is 263 g/mol. The SMILES string of the molecule is COc1ccc2nc(N)n(CC(C)(C)C(N)=O)c2n1. The number of rotatable bonds is 4. The highest BCUT2D eigenvalue weighted by atomic mass is 16.5. The summed E-state index contributed by atoms with van der Waals surface area (Å²) in [6.45, 7) is 3.81. The van der Waals surface area contributed by atoms with Gasteiger partial charge in [0.05, 0.1) is 12.5 Å². The van der Waals surface area contributed by atoms with Crippen molar-refractivity contribution in [2.45, 2.75) is 20.4 Å². The molecule has 1 amide bonds. The number of amides is 1. The van der Waals surface area contributed by atoms with Crippen molar-refractivity contribution < 1.29 is 9.53 Å². The van der Waals surface area contributed by atoms with Crippen LogP contribution in [-0.2, 0) is 11.3 Å². The normalized spacial score (nSPS) is 11.7. The van der Waals surface area contributed by atoms with Gasteiger partial charge in [0.1, 0.15) is 5.52 Å². The summed E-state index contributed by atoms with van der Waals surface area (Å²) in [7, 11) is 1.53. The Hall–Kier alpha value is -2.31. The first-order chi connectivity index (χ1) is 8.85. The zero-order valence-corrected chi connectivity index (χ0v) is 11.2. The number of imidazole rings is 1. The van der Waals surface area contributed by atoms with Gasteiger partial charge in [-0.3, -0.25) is 9.36 Å². The number of methoxy groups -OCH3 is 1. The minimum Gasteiger partial charge on any atom is -0.481 e. The van der Waals surface area contributed by atoms with Crippen LogP contribution in [-0.4, -0.2) is 27.6 Å². The van der Waals surface area contributed by atoms with Crippen LogP contribution in [0, 0.1) is 5.41 Å². The summed E-state index contributed by atoms with van der Waals surface area (Å²) in [4.78, 5) is 19.9. The standard InChI is InChI=1S/C12H17N5O2/c1-12(2,10(13)18)6-17-9-7(15-11(17)14)4-5-8(16-9)19-3/h4-5H,6H2,1-3H3,(H2,13,18)(H2,14,15). The van der Waals surface area contributed by atoms with Crippen molar-refractivity contribution in [3.8, 4) is 5.88 Å². The number of fused-ring (bicyclic) bond motifs is 1. The molecule has 2 aromatic heterocycles. The summed E-state index contributed by atoms with van der Waals surface area (Å²) in [6.07, 6.45) is 0. The lowest BCUT2D eigenvalue weighted by atomic mass is 9.92. The third kappa shape index (κ3) is 2.31. The first-order valence-electron chi connectivity index (χ1n) is 5.82.